The van der Waals surface area contributed by atoms with Crippen molar-refractivity contribution in [2.24, 2.45) is 5.92 Å². The van der Waals surface area contributed by atoms with Crippen LogP contribution in [0.5, 0.6) is 5.75 Å². The van der Waals surface area contributed by atoms with Crippen LogP contribution in [0.25, 0.3) is 0 Å². The molecule has 2 rings (SSSR count). The van der Waals surface area contributed by atoms with E-state index in [2.05, 4.69) is 5.32 Å². The Hall–Kier alpha value is -2.93. The summed E-state index contributed by atoms with van der Waals surface area (Å²) in [5, 5.41) is 21.0. The van der Waals surface area contributed by atoms with Gasteiger partial charge in [0, 0.05) is 22.6 Å². The van der Waals surface area contributed by atoms with Crippen LogP contribution >= 0.6 is 11.8 Å². The first-order chi connectivity index (χ1) is 12.9. The predicted octanol–water partition coefficient (Wildman–Crippen LogP) is 4.68. The van der Waals surface area contributed by atoms with Crippen molar-refractivity contribution >= 4 is 29.5 Å². The summed E-state index contributed by atoms with van der Waals surface area (Å²) in [7, 11) is 0. The molecule has 2 aromatic rings. The maximum absolute atomic E-state index is 12.3. The topological polar surface area (TPSA) is 95.9 Å². The number of hydrogen-bond acceptors (Lipinski definition) is 5. The van der Waals surface area contributed by atoms with Crippen molar-refractivity contribution in [3.63, 3.8) is 0 Å². The van der Waals surface area contributed by atoms with E-state index >= 15 is 0 Å². The molecule has 3 N–H and O–H groups in total. The van der Waals surface area contributed by atoms with Crippen molar-refractivity contribution in [2.75, 3.05) is 11.6 Å². The second kappa shape index (κ2) is 9.68. The molecule has 7 heteroatoms. The van der Waals surface area contributed by atoms with Crippen molar-refractivity contribution in [3.05, 3.63) is 66.2 Å². The van der Waals surface area contributed by atoms with Gasteiger partial charge in [0.2, 0.25) is 0 Å². The third-order valence-electron chi connectivity index (χ3n) is 3.81. The number of benzene rings is 2. The van der Waals surface area contributed by atoms with E-state index < -0.39 is 24.1 Å². The standard InChI is InChI=1S/C20H21NO5S/c1-13(3-12-18(23)24)19(14-4-8-16(22)9-5-14)26-20(25)21-15-6-10-17(27-2)11-7-15/h3-13,19,22H,1-2H3,(H,21,25)(H,23,24)/b12-3+/t13-,19-/m0/s1. The summed E-state index contributed by atoms with van der Waals surface area (Å²) in [5.74, 6) is -1.38. The molecule has 0 bridgehead atoms. The van der Waals surface area contributed by atoms with E-state index in [1.807, 2.05) is 18.4 Å². The summed E-state index contributed by atoms with van der Waals surface area (Å²) in [4.78, 5) is 24.2. The Morgan fingerprint density at radius 1 is 1.11 bits per heavy atom. The van der Waals surface area contributed by atoms with Crippen molar-refractivity contribution < 1.29 is 24.5 Å². The molecule has 27 heavy (non-hydrogen) atoms. The summed E-state index contributed by atoms with van der Waals surface area (Å²) in [6.45, 7) is 1.75. The molecule has 6 nitrogen and oxygen atoms in total. The van der Waals surface area contributed by atoms with Gasteiger partial charge < -0.3 is 14.9 Å². The number of aliphatic carboxylic acids is 1. The zero-order valence-corrected chi connectivity index (χ0v) is 15.8. The number of phenols is 1. The van der Waals surface area contributed by atoms with Gasteiger partial charge in [-0.05, 0) is 48.2 Å². The molecule has 0 aliphatic heterocycles. The van der Waals surface area contributed by atoms with Gasteiger partial charge in [0.25, 0.3) is 0 Å². The van der Waals surface area contributed by atoms with Gasteiger partial charge in [-0.15, -0.1) is 11.8 Å². The lowest BCUT2D eigenvalue weighted by molar-refractivity contribution is -0.131. The summed E-state index contributed by atoms with van der Waals surface area (Å²) in [6, 6.07) is 13.5. The number of carbonyl (C=O) groups excluding carboxylic acids is 1. The normalized spacial score (nSPS) is 13.1. The van der Waals surface area contributed by atoms with E-state index in [0.29, 0.717) is 11.3 Å². The van der Waals surface area contributed by atoms with Gasteiger partial charge in [-0.25, -0.2) is 9.59 Å². The maximum Gasteiger partial charge on any atom is 0.412 e. The Balaban J connectivity index is 2.15. The number of carbonyl (C=O) groups is 2. The van der Waals surface area contributed by atoms with Gasteiger partial charge in [0.05, 0.1) is 0 Å². The third kappa shape index (κ3) is 6.38. The molecule has 0 spiro atoms. The van der Waals surface area contributed by atoms with E-state index in [9.17, 15) is 14.7 Å². The van der Waals surface area contributed by atoms with Crippen LogP contribution in [0.4, 0.5) is 10.5 Å². The van der Waals surface area contributed by atoms with E-state index in [4.69, 9.17) is 9.84 Å². The molecule has 0 aromatic heterocycles. The monoisotopic (exact) mass is 387 g/mol. The highest BCUT2D eigenvalue weighted by Crippen LogP contribution is 2.29. The highest BCUT2D eigenvalue weighted by atomic mass is 32.2. The zero-order chi connectivity index (χ0) is 19.8. The lowest BCUT2D eigenvalue weighted by Crippen LogP contribution is -2.21. The Labute approximate surface area is 161 Å². The van der Waals surface area contributed by atoms with Gasteiger partial charge >= 0.3 is 12.1 Å². The number of nitrogens with one attached hydrogen (secondary N) is 1. The minimum Gasteiger partial charge on any atom is -0.508 e. The SMILES string of the molecule is CSc1ccc(NC(=O)O[C@H](c2ccc(O)cc2)[C@@H](C)/C=C/C(=O)O)cc1. The van der Waals surface area contributed by atoms with Crippen LogP contribution in [0.1, 0.15) is 18.6 Å². The first kappa shape index (κ1) is 20.4. The molecule has 0 saturated heterocycles. The van der Waals surface area contributed by atoms with E-state index in [1.54, 1.807) is 43.0 Å². The number of carboxylic acid groups (broad SMARTS) is 1. The highest BCUT2D eigenvalue weighted by molar-refractivity contribution is 7.98. The van der Waals surface area contributed by atoms with Gasteiger partial charge in [-0.1, -0.05) is 25.1 Å². The number of ether oxygens (including phenoxy) is 1. The summed E-state index contributed by atoms with van der Waals surface area (Å²) < 4.78 is 5.55. The molecular formula is C20H21NO5S. The molecule has 0 aliphatic rings. The van der Waals surface area contributed by atoms with Crippen molar-refractivity contribution in [2.45, 2.75) is 17.9 Å². The van der Waals surface area contributed by atoms with Crippen molar-refractivity contribution in [3.8, 4) is 5.75 Å². The van der Waals surface area contributed by atoms with Crippen LogP contribution in [0.2, 0.25) is 0 Å². The number of hydrogen-bond donors (Lipinski definition) is 3. The predicted molar refractivity (Wildman–Crippen MR) is 105 cm³/mol. The van der Waals surface area contributed by atoms with E-state index in [-0.39, 0.29) is 5.75 Å². The fourth-order valence-corrected chi connectivity index (χ4v) is 2.82. The van der Waals surface area contributed by atoms with Crippen LogP contribution < -0.4 is 5.32 Å². The van der Waals surface area contributed by atoms with Gasteiger partial charge in [0.1, 0.15) is 11.9 Å². The lowest BCUT2D eigenvalue weighted by Gasteiger charge is -2.22. The van der Waals surface area contributed by atoms with E-state index in [0.717, 1.165) is 11.0 Å². The fourth-order valence-electron chi connectivity index (χ4n) is 2.41. The largest absolute Gasteiger partial charge is 0.508 e. The number of carboxylic acids is 1. The van der Waals surface area contributed by atoms with Crippen LogP contribution in [0.3, 0.4) is 0 Å². The maximum atomic E-state index is 12.3. The Bertz CT molecular complexity index is 802. The van der Waals surface area contributed by atoms with Crippen molar-refractivity contribution in [1.82, 2.24) is 0 Å². The quantitative estimate of drug-likeness (QED) is 0.471. The minimum atomic E-state index is -1.08. The first-order valence-electron chi connectivity index (χ1n) is 8.21. The van der Waals surface area contributed by atoms with E-state index in [1.165, 1.54) is 18.2 Å². The summed E-state index contributed by atoms with van der Waals surface area (Å²) in [6.07, 6.45) is 3.07. The first-order valence-corrected chi connectivity index (χ1v) is 9.43. The third-order valence-corrected chi connectivity index (χ3v) is 4.56. The van der Waals surface area contributed by atoms with Crippen LogP contribution in [0.15, 0.2) is 65.6 Å². The second-order valence-electron chi connectivity index (χ2n) is 5.83. The number of amides is 1. The fraction of sp³-hybridized carbons (Fsp3) is 0.200. The molecule has 142 valence electrons. The molecule has 0 radical (unpaired) electrons. The number of anilines is 1. The van der Waals surface area contributed by atoms with Gasteiger partial charge in [-0.2, -0.15) is 0 Å². The van der Waals surface area contributed by atoms with Gasteiger partial charge in [-0.3, -0.25) is 5.32 Å². The number of phenolic OH excluding ortho intramolecular Hbond substituents is 1. The molecule has 0 fully saturated rings. The average molecular weight is 387 g/mol. The molecule has 1 amide bonds. The van der Waals surface area contributed by atoms with Gasteiger partial charge in [0.15, 0.2) is 0 Å². The number of rotatable bonds is 7. The molecule has 0 saturated carbocycles. The van der Waals surface area contributed by atoms with Crippen LogP contribution in [0, 0.1) is 5.92 Å². The molecule has 0 unspecified atom stereocenters. The second-order valence-corrected chi connectivity index (χ2v) is 6.71. The molecule has 2 aromatic carbocycles. The average Bonchev–Trinajstić information content (AvgIpc) is 2.65. The van der Waals surface area contributed by atoms with Crippen LogP contribution in [-0.4, -0.2) is 28.5 Å². The molecular weight excluding hydrogens is 366 g/mol. The van der Waals surface area contributed by atoms with Crippen molar-refractivity contribution in [1.29, 1.82) is 0 Å². The molecule has 0 heterocycles. The lowest BCUT2D eigenvalue weighted by atomic mass is 9.96. The summed E-state index contributed by atoms with van der Waals surface area (Å²) >= 11 is 1.60. The number of thioether (sulfide) groups is 1. The molecule has 2 atom stereocenters. The summed E-state index contributed by atoms with van der Waals surface area (Å²) in [5.41, 5.74) is 1.24. The Morgan fingerprint density at radius 2 is 1.74 bits per heavy atom. The minimum absolute atomic E-state index is 0.0876. The zero-order valence-electron chi connectivity index (χ0n) is 15.0. The number of aromatic hydroxyl groups is 1. The molecule has 0 aliphatic carbocycles. The Kier molecular flexibility index (Phi) is 7.31. The smallest absolute Gasteiger partial charge is 0.412 e. The van der Waals surface area contributed by atoms with Crippen LogP contribution in [-0.2, 0) is 9.53 Å². The highest BCUT2D eigenvalue weighted by Gasteiger charge is 2.22. The Morgan fingerprint density at radius 3 is 2.30 bits per heavy atom.